The number of nitrogens with two attached hydrogens (primary N) is 1. The number of hydrogen-bond donors (Lipinski definition) is 2. The first-order valence-corrected chi connectivity index (χ1v) is 11.8. The number of nitrogens with one attached hydrogen (secondary N) is 1. The summed E-state index contributed by atoms with van der Waals surface area (Å²) in [6, 6.07) is 14.1. The van der Waals surface area contributed by atoms with Crippen molar-refractivity contribution in [1.29, 1.82) is 0 Å². The van der Waals surface area contributed by atoms with Crippen LogP contribution in [0.4, 0.5) is 5.69 Å². The van der Waals surface area contributed by atoms with Crippen molar-refractivity contribution in [2.45, 2.75) is 23.7 Å². The largest absolute Gasteiger partial charge is 0.325 e. The van der Waals surface area contributed by atoms with Crippen molar-refractivity contribution in [3.63, 3.8) is 0 Å². The Morgan fingerprint density at radius 2 is 2.07 bits per heavy atom. The molecule has 0 saturated carbocycles. The Hall–Kier alpha value is -2.33. The van der Waals surface area contributed by atoms with E-state index in [0.717, 1.165) is 36.5 Å². The molecule has 3 N–H and O–H groups in total. The van der Waals surface area contributed by atoms with Crippen molar-refractivity contribution in [2.24, 2.45) is 5.14 Å². The number of piperidine rings is 1. The predicted octanol–water partition coefficient (Wildman–Crippen LogP) is 2.76. The Morgan fingerprint density at radius 1 is 1.24 bits per heavy atom. The highest BCUT2D eigenvalue weighted by Gasteiger charge is 2.25. The van der Waals surface area contributed by atoms with Crippen LogP contribution in [0.3, 0.4) is 0 Å². The van der Waals surface area contributed by atoms with Crippen LogP contribution in [-0.4, -0.2) is 43.8 Å². The highest BCUT2D eigenvalue weighted by molar-refractivity contribution is 7.89. The first kappa shape index (κ1) is 20.0. The SMILES string of the molecule is NS(=O)(=O)c1cccc(NC(=O)CN2CCC[C@@H](c3nc4ccccc4s3)C2)c1. The minimum Gasteiger partial charge on any atom is -0.325 e. The zero-order valence-electron chi connectivity index (χ0n) is 15.7. The van der Waals surface area contributed by atoms with Gasteiger partial charge in [-0.25, -0.2) is 18.5 Å². The van der Waals surface area contributed by atoms with E-state index in [4.69, 9.17) is 10.1 Å². The van der Waals surface area contributed by atoms with Crippen molar-refractivity contribution < 1.29 is 13.2 Å². The number of amides is 1. The van der Waals surface area contributed by atoms with Gasteiger partial charge < -0.3 is 5.32 Å². The molecule has 1 fully saturated rings. The van der Waals surface area contributed by atoms with Crippen LogP contribution in [0.2, 0.25) is 0 Å². The molecule has 4 rings (SSSR count). The van der Waals surface area contributed by atoms with E-state index in [2.05, 4.69) is 16.3 Å². The third-order valence-electron chi connectivity index (χ3n) is 4.98. The van der Waals surface area contributed by atoms with Crippen LogP contribution in [-0.2, 0) is 14.8 Å². The third kappa shape index (κ3) is 4.81. The van der Waals surface area contributed by atoms with Gasteiger partial charge in [0.05, 0.1) is 26.7 Å². The molecule has 1 aliphatic rings. The number of benzene rings is 2. The first-order chi connectivity index (χ1) is 13.9. The molecule has 0 aliphatic carbocycles. The van der Waals surface area contributed by atoms with Gasteiger partial charge in [-0.05, 0) is 49.7 Å². The topological polar surface area (TPSA) is 105 Å². The Bertz CT molecular complexity index is 1110. The highest BCUT2D eigenvalue weighted by Crippen LogP contribution is 2.32. The number of nitrogens with zero attached hydrogens (tertiary/aromatic N) is 2. The molecule has 2 aromatic carbocycles. The fraction of sp³-hybridized carbons (Fsp3) is 0.300. The van der Waals surface area contributed by atoms with Crippen LogP contribution in [0.25, 0.3) is 10.2 Å². The van der Waals surface area contributed by atoms with Crippen LogP contribution in [0.1, 0.15) is 23.8 Å². The zero-order valence-corrected chi connectivity index (χ0v) is 17.4. The molecule has 1 aliphatic heterocycles. The van der Waals surface area contributed by atoms with Crippen LogP contribution >= 0.6 is 11.3 Å². The number of fused-ring (bicyclic) bond motifs is 1. The second-order valence-corrected chi connectivity index (χ2v) is 9.84. The van der Waals surface area contributed by atoms with Crippen molar-refractivity contribution in [2.75, 3.05) is 25.0 Å². The Balaban J connectivity index is 1.39. The number of carbonyl (C=O) groups excluding carboxylic acids is 1. The number of anilines is 1. The quantitative estimate of drug-likeness (QED) is 0.647. The van der Waals surface area contributed by atoms with Gasteiger partial charge in [0.15, 0.2) is 0 Å². The van der Waals surface area contributed by atoms with E-state index < -0.39 is 10.0 Å². The Kier molecular flexibility index (Phi) is 5.64. The summed E-state index contributed by atoms with van der Waals surface area (Å²) in [4.78, 5) is 19.4. The summed E-state index contributed by atoms with van der Waals surface area (Å²) < 4.78 is 24.1. The average Bonchev–Trinajstić information content (AvgIpc) is 3.12. The lowest BCUT2D eigenvalue weighted by Crippen LogP contribution is -2.39. The van der Waals surface area contributed by atoms with Gasteiger partial charge in [-0.3, -0.25) is 9.69 Å². The van der Waals surface area contributed by atoms with E-state index in [-0.39, 0.29) is 17.3 Å². The number of rotatable bonds is 5. The number of hydrogen-bond acceptors (Lipinski definition) is 6. The third-order valence-corrected chi connectivity index (χ3v) is 7.09. The summed E-state index contributed by atoms with van der Waals surface area (Å²) in [7, 11) is -3.80. The molecular formula is C20H22N4O3S2. The maximum atomic E-state index is 12.5. The molecule has 9 heteroatoms. The summed E-state index contributed by atoms with van der Waals surface area (Å²) in [5.41, 5.74) is 1.44. The molecule has 1 saturated heterocycles. The van der Waals surface area contributed by atoms with E-state index in [1.165, 1.54) is 16.8 Å². The van der Waals surface area contributed by atoms with Gasteiger partial charge in [0.2, 0.25) is 15.9 Å². The molecule has 0 radical (unpaired) electrons. The number of aromatic nitrogens is 1. The van der Waals surface area contributed by atoms with Crippen molar-refractivity contribution >= 4 is 43.2 Å². The molecule has 1 atom stereocenters. The van der Waals surface area contributed by atoms with Crippen molar-refractivity contribution in [3.8, 4) is 0 Å². The summed E-state index contributed by atoms with van der Waals surface area (Å²) >= 11 is 1.72. The molecule has 29 heavy (non-hydrogen) atoms. The lowest BCUT2D eigenvalue weighted by atomic mass is 9.99. The van der Waals surface area contributed by atoms with Gasteiger partial charge in [-0.1, -0.05) is 18.2 Å². The van der Waals surface area contributed by atoms with E-state index in [1.807, 2.05) is 18.2 Å². The van der Waals surface area contributed by atoms with Crippen LogP contribution in [0.5, 0.6) is 0 Å². The fourth-order valence-electron chi connectivity index (χ4n) is 3.62. The number of para-hydroxylation sites is 1. The second-order valence-electron chi connectivity index (χ2n) is 7.22. The minimum atomic E-state index is -3.80. The second kappa shape index (κ2) is 8.19. The standard InChI is InChI=1S/C20H22N4O3S2/c21-29(26,27)16-7-3-6-15(11-16)22-19(25)13-24-10-4-5-14(12-24)20-23-17-8-1-2-9-18(17)28-20/h1-3,6-9,11,14H,4-5,10,12-13H2,(H,22,25)(H2,21,26,27)/t14-/m1/s1. The molecule has 152 valence electrons. The molecule has 1 amide bonds. The number of sulfonamides is 1. The minimum absolute atomic E-state index is 0.0239. The van der Waals surface area contributed by atoms with Crippen LogP contribution in [0.15, 0.2) is 53.4 Å². The maximum absolute atomic E-state index is 12.5. The van der Waals surface area contributed by atoms with Gasteiger partial charge in [0.1, 0.15) is 0 Å². The number of likely N-dealkylation sites (tertiary alicyclic amines) is 1. The van der Waals surface area contributed by atoms with Crippen LogP contribution < -0.4 is 10.5 Å². The summed E-state index contributed by atoms with van der Waals surface area (Å²) in [6.45, 7) is 1.89. The van der Waals surface area contributed by atoms with E-state index in [0.29, 0.717) is 11.6 Å². The average molecular weight is 431 g/mol. The lowest BCUT2D eigenvalue weighted by molar-refractivity contribution is -0.117. The normalized spacial score (nSPS) is 18.0. The number of thiazole rings is 1. The van der Waals surface area contributed by atoms with E-state index in [1.54, 1.807) is 23.5 Å². The first-order valence-electron chi connectivity index (χ1n) is 9.39. The lowest BCUT2D eigenvalue weighted by Gasteiger charge is -2.31. The summed E-state index contributed by atoms with van der Waals surface area (Å²) in [5.74, 6) is 0.140. The van der Waals surface area contributed by atoms with Gasteiger partial charge >= 0.3 is 0 Å². The van der Waals surface area contributed by atoms with Gasteiger partial charge in [-0.15, -0.1) is 11.3 Å². The predicted molar refractivity (Wildman–Crippen MR) is 114 cm³/mol. The number of primary sulfonamides is 1. The van der Waals surface area contributed by atoms with Crippen molar-refractivity contribution in [1.82, 2.24) is 9.88 Å². The molecule has 1 aromatic heterocycles. The number of carbonyl (C=O) groups is 1. The molecule has 0 unspecified atom stereocenters. The van der Waals surface area contributed by atoms with Crippen molar-refractivity contribution in [3.05, 3.63) is 53.5 Å². The van der Waals surface area contributed by atoms with E-state index >= 15 is 0 Å². The van der Waals surface area contributed by atoms with Gasteiger partial charge in [0.25, 0.3) is 0 Å². The highest BCUT2D eigenvalue weighted by atomic mass is 32.2. The Labute approximate surface area is 173 Å². The smallest absolute Gasteiger partial charge is 0.238 e. The molecule has 0 bridgehead atoms. The summed E-state index contributed by atoms with van der Waals surface area (Å²) in [6.07, 6.45) is 2.07. The zero-order chi connectivity index (χ0) is 20.4. The molecule has 7 nitrogen and oxygen atoms in total. The maximum Gasteiger partial charge on any atom is 0.238 e. The Morgan fingerprint density at radius 3 is 2.86 bits per heavy atom. The van der Waals surface area contributed by atoms with E-state index in [9.17, 15) is 13.2 Å². The monoisotopic (exact) mass is 430 g/mol. The molecule has 2 heterocycles. The van der Waals surface area contributed by atoms with Gasteiger partial charge in [0, 0.05) is 18.2 Å². The van der Waals surface area contributed by atoms with Crippen LogP contribution in [0, 0.1) is 0 Å². The van der Waals surface area contributed by atoms with Gasteiger partial charge in [-0.2, -0.15) is 0 Å². The molecular weight excluding hydrogens is 408 g/mol. The fourth-order valence-corrected chi connectivity index (χ4v) is 5.27. The molecule has 0 spiro atoms. The summed E-state index contributed by atoms with van der Waals surface area (Å²) in [5, 5.41) is 9.04. The molecule has 3 aromatic rings.